The van der Waals surface area contributed by atoms with E-state index < -0.39 is 0 Å². The molecule has 0 spiro atoms. The second kappa shape index (κ2) is 4.53. The summed E-state index contributed by atoms with van der Waals surface area (Å²) in [5.41, 5.74) is 0. The molecular weight excluding hydrogens is 202 g/mol. The lowest BCUT2D eigenvalue weighted by Gasteiger charge is -1.99. The van der Waals surface area contributed by atoms with E-state index in [-0.39, 0.29) is 0 Å². The van der Waals surface area contributed by atoms with E-state index in [2.05, 4.69) is 15.5 Å². The van der Waals surface area contributed by atoms with Crippen LogP contribution in [0.2, 0.25) is 0 Å². The lowest BCUT2D eigenvalue weighted by Crippen LogP contribution is -2.17. The van der Waals surface area contributed by atoms with E-state index in [9.17, 15) is 0 Å². The predicted molar refractivity (Wildman–Crippen MR) is 60.1 cm³/mol. The Morgan fingerprint density at radius 3 is 2.69 bits per heavy atom. The molecule has 2 fully saturated rings. The average Bonchev–Trinajstić information content (AvgIpc) is 3.16. The smallest absolute Gasteiger partial charge is 0.216 e. The summed E-state index contributed by atoms with van der Waals surface area (Å²) < 4.78 is 5.61. The van der Waals surface area contributed by atoms with Crippen molar-refractivity contribution in [3.63, 3.8) is 0 Å². The Morgan fingerprint density at radius 1 is 1.12 bits per heavy atom. The van der Waals surface area contributed by atoms with Crippen molar-refractivity contribution in [2.75, 3.05) is 6.54 Å². The van der Waals surface area contributed by atoms with Gasteiger partial charge in [-0.2, -0.15) is 0 Å². The number of hydrogen-bond donors (Lipinski definition) is 1. The van der Waals surface area contributed by atoms with E-state index >= 15 is 0 Å². The van der Waals surface area contributed by atoms with Crippen LogP contribution in [0.25, 0.3) is 0 Å². The molecule has 4 heteroatoms. The maximum atomic E-state index is 5.61. The first-order valence-electron chi connectivity index (χ1n) is 6.45. The predicted octanol–water partition coefficient (Wildman–Crippen LogP) is 1.71. The first kappa shape index (κ1) is 10.3. The minimum Gasteiger partial charge on any atom is -0.425 e. The summed E-state index contributed by atoms with van der Waals surface area (Å²) in [6.07, 6.45) is 8.39. The minimum atomic E-state index is 0.799. The molecule has 3 rings (SSSR count). The largest absolute Gasteiger partial charge is 0.425 e. The Morgan fingerprint density at radius 2 is 1.94 bits per heavy atom. The lowest BCUT2D eigenvalue weighted by molar-refractivity contribution is 0.434. The molecule has 0 radical (unpaired) electrons. The average molecular weight is 221 g/mol. The Balaban J connectivity index is 1.37. The molecule has 0 saturated heterocycles. The molecule has 1 N–H and O–H groups in total. The van der Waals surface area contributed by atoms with E-state index in [1.165, 1.54) is 25.7 Å². The molecule has 4 nitrogen and oxygen atoms in total. The molecule has 1 heterocycles. The van der Waals surface area contributed by atoms with Crippen LogP contribution in [0.3, 0.4) is 0 Å². The van der Waals surface area contributed by atoms with E-state index in [0.717, 1.165) is 49.5 Å². The second-order valence-corrected chi connectivity index (χ2v) is 5.07. The number of aromatic nitrogens is 2. The number of nitrogens with zero attached hydrogens (tertiary/aromatic N) is 2. The first-order chi connectivity index (χ1) is 7.90. The minimum absolute atomic E-state index is 0.799. The third-order valence-corrected chi connectivity index (χ3v) is 3.25. The van der Waals surface area contributed by atoms with Crippen LogP contribution in [0.5, 0.6) is 0 Å². The van der Waals surface area contributed by atoms with Gasteiger partial charge in [0, 0.05) is 18.9 Å². The summed E-state index contributed by atoms with van der Waals surface area (Å²) in [7, 11) is 0. The fraction of sp³-hybridized carbons (Fsp3) is 0.833. The number of rotatable bonds is 7. The fourth-order valence-electron chi connectivity index (χ4n) is 1.87. The van der Waals surface area contributed by atoms with E-state index in [4.69, 9.17) is 4.42 Å². The molecule has 0 unspecified atom stereocenters. The van der Waals surface area contributed by atoms with Crippen molar-refractivity contribution in [1.82, 2.24) is 15.5 Å². The van der Waals surface area contributed by atoms with Gasteiger partial charge in [-0.05, 0) is 44.6 Å². The van der Waals surface area contributed by atoms with Crippen molar-refractivity contribution < 1.29 is 4.42 Å². The Kier molecular flexibility index (Phi) is 2.91. The van der Waals surface area contributed by atoms with Gasteiger partial charge < -0.3 is 9.73 Å². The van der Waals surface area contributed by atoms with E-state index in [0.29, 0.717) is 0 Å². The van der Waals surface area contributed by atoms with Gasteiger partial charge >= 0.3 is 0 Å². The Bertz CT molecular complexity index is 342. The molecule has 16 heavy (non-hydrogen) atoms. The molecule has 2 aliphatic carbocycles. The van der Waals surface area contributed by atoms with Gasteiger partial charge in [-0.3, -0.25) is 0 Å². The van der Waals surface area contributed by atoms with Gasteiger partial charge in [0.05, 0.1) is 0 Å². The molecular formula is C12H19N3O. The van der Waals surface area contributed by atoms with E-state index in [1.54, 1.807) is 0 Å². The molecule has 0 aromatic carbocycles. The monoisotopic (exact) mass is 221 g/mol. The molecule has 0 aliphatic heterocycles. The van der Waals surface area contributed by atoms with Crippen LogP contribution in [0, 0.1) is 5.92 Å². The van der Waals surface area contributed by atoms with Gasteiger partial charge in [0.15, 0.2) is 0 Å². The topological polar surface area (TPSA) is 51.0 Å². The summed E-state index contributed by atoms with van der Waals surface area (Å²) in [6.45, 7) is 1.07. The summed E-state index contributed by atoms with van der Waals surface area (Å²) in [4.78, 5) is 0. The van der Waals surface area contributed by atoms with Crippen molar-refractivity contribution in [1.29, 1.82) is 0 Å². The van der Waals surface area contributed by atoms with Crippen LogP contribution in [-0.4, -0.2) is 22.8 Å². The highest BCUT2D eigenvalue weighted by atomic mass is 16.4. The highest BCUT2D eigenvalue weighted by Crippen LogP contribution is 2.32. The van der Waals surface area contributed by atoms with Gasteiger partial charge in [-0.25, -0.2) is 0 Å². The third-order valence-electron chi connectivity index (χ3n) is 3.25. The van der Waals surface area contributed by atoms with Crippen molar-refractivity contribution in [3.8, 4) is 0 Å². The van der Waals surface area contributed by atoms with Gasteiger partial charge in [0.2, 0.25) is 11.8 Å². The normalized spacial score (nSPS) is 20.2. The SMILES string of the molecule is C(CNC1CC1)Cc1nnc(CC2CC2)o1. The molecule has 88 valence electrons. The van der Waals surface area contributed by atoms with Crippen molar-refractivity contribution in [2.24, 2.45) is 5.92 Å². The molecule has 2 saturated carbocycles. The van der Waals surface area contributed by atoms with Crippen LogP contribution in [0.1, 0.15) is 43.9 Å². The maximum absolute atomic E-state index is 5.61. The summed E-state index contributed by atoms with van der Waals surface area (Å²) in [5.74, 6) is 2.48. The standard InChI is InChI=1S/C12H19N3O/c1(7-13-10-5-6-10)2-11-14-15-12(16-11)8-9-3-4-9/h9-10,13H,1-8H2. The zero-order valence-electron chi connectivity index (χ0n) is 9.61. The molecule has 2 aliphatic rings. The van der Waals surface area contributed by atoms with Crippen molar-refractivity contribution in [2.45, 2.75) is 51.0 Å². The van der Waals surface area contributed by atoms with Gasteiger partial charge in [-0.15, -0.1) is 10.2 Å². The molecule has 0 amide bonds. The molecule has 1 aromatic rings. The summed E-state index contributed by atoms with van der Waals surface area (Å²) >= 11 is 0. The number of hydrogen-bond acceptors (Lipinski definition) is 4. The van der Waals surface area contributed by atoms with Crippen LogP contribution in [0.4, 0.5) is 0 Å². The fourth-order valence-corrected chi connectivity index (χ4v) is 1.87. The molecule has 0 bridgehead atoms. The zero-order chi connectivity index (χ0) is 10.8. The quantitative estimate of drug-likeness (QED) is 0.712. The van der Waals surface area contributed by atoms with Crippen LogP contribution in [0.15, 0.2) is 4.42 Å². The number of aryl methyl sites for hydroxylation is 1. The van der Waals surface area contributed by atoms with E-state index in [1.807, 2.05) is 0 Å². The third kappa shape index (κ3) is 3.04. The van der Waals surface area contributed by atoms with Crippen LogP contribution >= 0.6 is 0 Å². The van der Waals surface area contributed by atoms with Crippen LogP contribution in [-0.2, 0) is 12.8 Å². The maximum Gasteiger partial charge on any atom is 0.216 e. The highest BCUT2D eigenvalue weighted by molar-refractivity contribution is 4.89. The zero-order valence-corrected chi connectivity index (χ0v) is 9.61. The Labute approximate surface area is 95.8 Å². The van der Waals surface area contributed by atoms with Gasteiger partial charge in [-0.1, -0.05) is 0 Å². The van der Waals surface area contributed by atoms with Gasteiger partial charge in [0.1, 0.15) is 0 Å². The first-order valence-corrected chi connectivity index (χ1v) is 6.45. The highest BCUT2D eigenvalue weighted by Gasteiger charge is 2.24. The summed E-state index contributed by atoms with van der Waals surface area (Å²) in [5, 5.41) is 11.7. The molecule has 1 aromatic heterocycles. The summed E-state index contributed by atoms with van der Waals surface area (Å²) in [6, 6.07) is 0.799. The lowest BCUT2D eigenvalue weighted by atomic mass is 10.3. The Hall–Kier alpha value is -0.900. The number of nitrogens with one attached hydrogen (secondary N) is 1. The van der Waals surface area contributed by atoms with Crippen molar-refractivity contribution >= 4 is 0 Å². The second-order valence-electron chi connectivity index (χ2n) is 5.07. The van der Waals surface area contributed by atoms with Crippen molar-refractivity contribution in [3.05, 3.63) is 11.8 Å². The molecule has 0 atom stereocenters. The van der Waals surface area contributed by atoms with Gasteiger partial charge in [0.25, 0.3) is 0 Å². The van der Waals surface area contributed by atoms with Crippen LogP contribution < -0.4 is 5.32 Å².